The maximum absolute atomic E-state index is 12.2. The molecule has 0 amide bonds. The van der Waals surface area contributed by atoms with Gasteiger partial charge >= 0.3 is 5.97 Å². The molecule has 2 aliphatic carbocycles. The lowest BCUT2D eigenvalue weighted by Gasteiger charge is -2.38. The molecule has 0 spiro atoms. The summed E-state index contributed by atoms with van der Waals surface area (Å²) < 4.78 is 11.5. The number of rotatable bonds is 3. The van der Waals surface area contributed by atoms with E-state index in [1.807, 2.05) is 0 Å². The Kier molecular flexibility index (Phi) is 3.60. The summed E-state index contributed by atoms with van der Waals surface area (Å²) in [6.45, 7) is 7.81. The predicted molar refractivity (Wildman–Crippen MR) is 77.3 cm³/mol. The second-order valence-electron chi connectivity index (χ2n) is 7.78. The average Bonchev–Trinajstić information content (AvgIpc) is 2.73. The highest BCUT2D eigenvalue weighted by molar-refractivity contribution is 5.70. The maximum Gasteiger partial charge on any atom is 0.308 e. The molecular weight excluding hydrogens is 252 g/mol. The molecule has 1 heterocycles. The lowest BCUT2D eigenvalue weighted by molar-refractivity contribution is -0.160. The van der Waals surface area contributed by atoms with Gasteiger partial charge in [-0.15, -0.1) is 0 Å². The van der Waals surface area contributed by atoms with Gasteiger partial charge in [-0.1, -0.05) is 20.8 Å². The zero-order valence-electron chi connectivity index (χ0n) is 13.1. The van der Waals surface area contributed by atoms with Crippen molar-refractivity contribution in [1.29, 1.82) is 0 Å². The molecule has 20 heavy (non-hydrogen) atoms. The van der Waals surface area contributed by atoms with Crippen LogP contribution in [0.5, 0.6) is 0 Å². The molecule has 0 aromatic heterocycles. The van der Waals surface area contributed by atoms with Gasteiger partial charge in [-0.25, -0.2) is 0 Å². The Hall–Kier alpha value is -0.570. The van der Waals surface area contributed by atoms with E-state index in [1.165, 1.54) is 19.3 Å². The highest BCUT2D eigenvalue weighted by Gasteiger charge is 2.62. The van der Waals surface area contributed by atoms with Gasteiger partial charge in [-0.2, -0.15) is 0 Å². The fourth-order valence-electron chi connectivity index (χ4n) is 4.67. The van der Waals surface area contributed by atoms with Crippen LogP contribution in [0.15, 0.2) is 0 Å². The molecule has 1 aliphatic heterocycles. The summed E-state index contributed by atoms with van der Waals surface area (Å²) in [5, 5.41) is 0. The fraction of sp³-hybridized carbons (Fsp3) is 0.941. The minimum absolute atomic E-state index is 0.0496. The van der Waals surface area contributed by atoms with Crippen molar-refractivity contribution in [1.82, 2.24) is 0 Å². The number of ether oxygens (including phenoxy) is 2. The van der Waals surface area contributed by atoms with Crippen molar-refractivity contribution in [2.45, 2.75) is 77.9 Å². The van der Waals surface area contributed by atoms with Gasteiger partial charge in [-0.05, 0) is 49.9 Å². The summed E-state index contributed by atoms with van der Waals surface area (Å²) in [6, 6.07) is 0. The first-order valence-electron chi connectivity index (χ1n) is 8.24. The van der Waals surface area contributed by atoms with Gasteiger partial charge in [0.05, 0.1) is 12.5 Å². The molecule has 0 N–H and O–H groups in total. The minimum atomic E-state index is -0.0496. The molecule has 3 fully saturated rings. The van der Waals surface area contributed by atoms with E-state index in [9.17, 15) is 4.79 Å². The van der Waals surface area contributed by atoms with Gasteiger partial charge in [0.1, 0.15) is 6.10 Å². The third-order valence-electron chi connectivity index (χ3n) is 6.66. The predicted octanol–water partition coefficient (Wildman–Crippen LogP) is 3.70. The number of carbonyl (C=O) groups excluding carboxylic acids is 1. The van der Waals surface area contributed by atoms with Crippen molar-refractivity contribution in [3.63, 3.8) is 0 Å². The van der Waals surface area contributed by atoms with E-state index in [-0.39, 0.29) is 23.6 Å². The van der Waals surface area contributed by atoms with Crippen LogP contribution in [0, 0.1) is 16.7 Å². The summed E-state index contributed by atoms with van der Waals surface area (Å²) in [5.74, 6) is 0.669. The number of hydrogen-bond acceptors (Lipinski definition) is 3. The Morgan fingerprint density at radius 3 is 2.60 bits per heavy atom. The molecule has 3 heteroatoms. The van der Waals surface area contributed by atoms with E-state index < -0.39 is 0 Å². The lowest BCUT2D eigenvalue weighted by Crippen LogP contribution is -2.39. The van der Waals surface area contributed by atoms with Crippen LogP contribution in [0.4, 0.5) is 0 Å². The van der Waals surface area contributed by atoms with Crippen LogP contribution in [0.3, 0.4) is 0 Å². The van der Waals surface area contributed by atoms with E-state index in [1.54, 1.807) is 0 Å². The zero-order chi connectivity index (χ0) is 14.4. The standard InChI is InChI=1S/C17H28O3/c1-16(2)12-7-8-17(16,3)14(10-12)20-15(18)11-13-6-4-5-9-19-13/h12-14H,4-11H2,1-3H3. The maximum atomic E-state index is 12.2. The Morgan fingerprint density at radius 1 is 1.25 bits per heavy atom. The molecular formula is C17H28O3. The molecule has 1 saturated heterocycles. The number of carbonyl (C=O) groups is 1. The van der Waals surface area contributed by atoms with E-state index in [4.69, 9.17) is 9.47 Å². The number of fused-ring (bicyclic) bond motifs is 2. The molecule has 3 aliphatic rings. The van der Waals surface area contributed by atoms with Crippen molar-refractivity contribution in [2.75, 3.05) is 6.61 Å². The highest BCUT2D eigenvalue weighted by atomic mass is 16.5. The van der Waals surface area contributed by atoms with Gasteiger partial charge in [-0.3, -0.25) is 4.79 Å². The quantitative estimate of drug-likeness (QED) is 0.739. The first-order chi connectivity index (χ1) is 9.43. The van der Waals surface area contributed by atoms with E-state index >= 15 is 0 Å². The van der Waals surface area contributed by atoms with Crippen molar-refractivity contribution < 1.29 is 14.3 Å². The van der Waals surface area contributed by atoms with Crippen molar-refractivity contribution >= 4 is 5.97 Å². The minimum Gasteiger partial charge on any atom is -0.462 e. The molecule has 2 saturated carbocycles. The molecule has 3 rings (SSSR count). The zero-order valence-corrected chi connectivity index (χ0v) is 13.1. The molecule has 4 atom stereocenters. The molecule has 0 radical (unpaired) electrons. The smallest absolute Gasteiger partial charge is 0.308 e. The first kappa shape index (κ1) is 14.4. The van der Waals surface area contributed by atoms with Crippen LogP contribution in [0.1, 0.15) is 65.7 Å². The van der Waals surface area contributed by atoms with E-state index in [2.05, 4.69) is 20.8 Å². The van der Waals surface area contributed by atoms with Crippen LogP contribution in [-0.4, -0.2) is 24.8 Å². The van der Waals surface area contributed by atoms with Crippen LogP contribution in [0.2, 0.25) is 0 Å². The van der Waals surface area contributed by atoms with E-state index in [0.717, 1.165) is 31.8 Å². The number of esters is 1. The average molecular weight is 280 g/mol. The molecule has 2 bridgehead atoms. The molecule has 114 valence electrons. The van der Waals surface area contributed by atoms with Gasteiger partial charge < -0.3 is 9.47 Å². The van der Waals surface area contributed by atoms with Gasteiger partial charge in [0.25, 0.3) is 0 Å². The fourth-order valence-corrected chi connectivity index (χ4v) is 4.67. The van der Waals surface area contributed by atoms with Crippen LogP contribution in [-0.2, 0) is 14.3 Å². The Bertz CT molecular complexity index is 384. The monoisotopic (exact) mass is 280 g/mol. The summed E-state index contributed by atoms with van der Waals surface area (Å²) in [6.07, 6.45) is 7.51. The number of hydrogen-bond donors (Lipinski definition) is 0. The summed E-state index contributed by atoms with van der Waals surface area (Å²) in [7, 11) is 0. The Balaban J connectivity index is 1.57. The van der Waals surface area contributed by atoms with Gasteiger partial charge in [0.15, 0.2) is 0 Å². The first-order valence-corrected chi connectivity index (χ1v) is 8.24. The van der Waals surface area contributed by atoms with Crippen molar-refractivity contribution in [3.8, 4) is 0 Å². The highest BCUT2D eigenvalue weighted by Crippen LogP contribution is 2.66. The van der Waals surface area contributed by atoms with Gasteiger partial charge in [0.2, 0.25) is 0 Å². The summed E-state index contributed by atoms with van der Waals surface area (Å²) in [5.41, 5.74) is 0.472. The Morgan fingerprint density at radius 2 is 2.05 bits per heavy atom. The third-order valence-corrected chi connectivity index (χ3v) is 6.66. The Labute approximate surface area is 122 Å². The third kappa shape index (κ3) is 2.18. The normalized spacial score (nSPS) is 42.6. The van der Waals surface area contributed by atoms with E-state index in [0.29, 0.717) is 11.8 Å². The summed E-state index contributed by atoms with van der Waals surface area (Å²) >= 11 is 0. The topological polar surface area (TPSA) is 35.5 Å². The molecule has 0 aromatic rings. The van der Waals surface area contributed by atoms with Gasteiger partial charge in [0, 0.05) is 12.0 Å². The van der Waals surface area contributed by atoms with Crippen LogP contribution >= 0.6 is 0 Å². The molecule has 3 nitrogen and oxygen atoms in total. The summed E-state index contributed by atoms with van der Waals surface area (Å²) in [4.78, 5) is 12.2. The molecule has 4 unspecified atom stereocenters. The second-order valence-corrected chi connectivity index (χ2v) is 7.78. The largest absolute Gasteiger partial charge is 0.462 e. The van der Waals surface area contributed by atoms with Crippen molar-refractivity contribution in [3.05, 3.63) is 0 Å². The molecule has 0 aromatic carbocycles. The van der Waals surface area contributed by atoms with Crippen LogP contribution in [0.25, 0.3) is 0 Å². The lowest BCUT2D eigenvalue weighted by atomic mass is 9.70. The van der Waals surface area contributed by atoms with Crippen LogP contribution < -0.4 is 0 Å². The van der Waals surface area contributed by atoms with Crippen molar-refractivity contribution in [2.24, 2.45) is 16.7 Å². The second kappa shape index (κ2) is 5.01. The SMILES string of the molecule is CC1(C)C2CCC1(C)C(OC(=O)CC1CCCCO1)C2.